The van der Waals surface area contributed by atoms with Gasteiger partial charge in [0.2, 0.25) is 0 Å². The van der Waals surface area contributed by atoms with E-state index >= 15 is 0 Å². The van der Waals surface area contributed by atoms with Gasteiger partial charge in [-0.15, -0.1) is 0 Å². The molecule has 0 atom stereocenters. The quantitative estimate of drug-likeness (QED) is 0.456. The number of nitrogens with zero attached hydrogens (tertiary/aromatic N) is 3. The van der Waals surface area contributed by atoms with Gasteiger partial charge in [0.15, 0.2) is 0 Å². The fourth-order valence-corrected chi connectivity index (χ4v) is 4.43. The summed E-state index contributed by atoms with van der Waals surface area (Å²) in [5.74, 6) is 0.468. The van der Waals surface area contributed by atoms with E-state index in [-0.39, 0.29) is 18.6 Å². The molecule has 7 heteroatoms. The van der Waals surface area contributed by atoms with Crippen LogP contribution in [0.15, 0.2) is 24.3 Å². The topological polar surface area (TPSA) is 62.3 Å². The summed E-state index contributed by atoms with van der Waals surface area (Å²) in [4.78, 5) is 30.5. The van der Waals surface area contributed by atoms with E-state index in [0.717, 1.165) is 32.2 Å². The maximum absolute atomic E-state index is 12.3. The predicted octanol–water partition coefficient (Wildman–Crippen LogP) is 4.72. The number of aryl methyl sites for hydroxylation is 1. The lowest BCUT2D eigenvalue weighted by atomic mass is 9.83. The molecule has 0 aromatic heterocycles. The number of hydrogen-bond acceptors (Lipinski definition) is 6. The van der Waals surface area contributed by atoms with Gasteiger partial charge in [-0.1, -0.05) is 17.7 Å². The van der Waals surface area contributed by atoms with Crippen molar-refractivity contribution in [3.63, 3.8) is 0 Å². The van der Waals surface area contributed by atoms with Gasteiger partial charge in [0.05, 0.1) is 13.7 Å². The van der Waals surface area contributed by atoms with Crippen LogP contribution in [0.25, 0.3) is 0 Å². The number of amides is 1. The van der Waals surface area contributed by atoms with E-state index in [9.17, 15) is 9.59 Å². The molecule has 1 aliphatic rings. The van der Waals surface area contributed by atoms with Crippen molar-refractivity contribution >= 4 is 17.7 Å². The number of carbonyl (C=O) groups is 2. The van der Waals surface area contributed by atoms with Crippen LogP contribution in [0.3, 0.4) is 0 Å². The summed E-state index contributed by atoms with van der Waals surface area (Å²) in [7, 11) is 5.33. The molecule has 0 unspecified atom stereocenters. The molecule has 0 N–H and O–H groups in total. The minimum absolute atomic E-state index is 0.234. The van der Waals surface area contributed by atoms with E-state index in [1.54, 1.807) is 11.9 Å². The average Bonchev–Trinajstić information content (AvgIpc) is 2.79. The van der Waals surface area contributed by atoms with Crippen LogP contribution in [0.1, 0.15) is 58.4 Å². The van der Waals surface area contributed by atoms with Crippen LogP contribution < -0.4 is 4.90 Å². The normalized spacial score (nSPS) is 18.5. The zero-order valence-electron chi connectivity index (χ0n) is 22.3. The molecule has 0 aliphatic heterocycles. The maximum atomic E-state index is 12.3. The minimum Gasteiger partial charge on any atom is -0.468 e. The Morgan fingerprint density at radius 1 is 0.971 bits per heavy atom. The fourth-order valence-electron chi connectivity index (χ4n) is 4.43. The summed E-state index contributed by atoms with van der Waals surface area (Å²) in [6.07, 6.45) is 5.28. The molecule has 1 saturated carbocycles. The molecule has 1 fully saturated rings. The lowest BCUT2D eigenvalue weighted by Gasteiger charge is -2.37. The zero-order valence-corrected chi connectivity index (χ0v) is 22.3. The second-order valence-electron chi connectivity index (χ2n) is 10.7. The number of benzene rings is 1. The number of hydrogen-bond donors (Lipinski definition) is 0. The van der Waals surface area contributed by atoms with E-state index < -0.39 is 5.60 Å². The van der Waals surface area contributed by atoms with Crippen molar-refractivity contribution in [2.45, 2.75) is 71.4 Å². The second kappa shape index (κ2) is 13.0. The first kappa shape index (κ1) is 28.0. The van der Waals surface area contributed by atoms with E-state index in [2.05, 4.69) is 48.0 Å². The van der Waals surface area contributed by atoms with Crippen molar-refractivity contribution in [3.8, 4) is 0 Å². The zero-order chi connectivity index (χ0) is 25.3. The van der Waals surface area contributed by atoms with Crippen LogP contribution in [-0.2, 0) is 14.3 Å². The highest BCUT2D eigenvalue weighted by Crippen LogP contribution is 2.30. The number of ether oxygens (including phenoxy) is 2. The van der Waals surface area contributed by atoms with Crippen molar-refractivity contribution < 1.29 is 19.1 Å². The van der Waals surface area contributed by atoms with Gasteiger partial charge in [-0.05, 0) is 77.8 Å². The van der Waals surface area contributed by atoms with Gasteiger partial charge in [0.25, 0.3) is 0 Å². The Morgan fingerprint density at radius 3 is 2.15 bits per heavy atom. The molecule has 2 rings (SSSR count). The van der Waals surface area contributed by atoms with Gasteiger partial charge in [-0.3, -0.25) is 9.69 Å². The van der Waals surface area contributed by atoms with Gasteiger partial charge in [0.1, 0.15) is 5.60 Å². The molecule has 7 nitrogen and oxygen atoms in total. The van der Waals surface area contributed by atoms with E-state index in [0.29, 0.717) is 25.0 Å². The fraction of sp³-hybridized carbons (Fsp3) is 0.704. The predicted molar refractivity (Wildman–Crippen MR) is 137 cm³/mol. The summed E-state index contributed by atoms with van der Waals surface area (Å²) in [5, 5.41) is 0. The minimum atomic E-state index is -0.525. The largest absolute Gasteiger partial charge is 0.468 e. The number of esters is 1. The molecule has 1 aromatic rings. The number of likely N-dealkylation sites (N-methyl/N-ethyl adjacent to an activating group) is 1. The SMILES string of the molecule is COC(=O)CN(CCN(C)C(=O)OC(C)(C)C)C1CCC(CCN(C)c2ccc(C)cc2)CC1. The van der Waals surface area contributed by atoms with E-state index in [4.69, 9.17) is 9.47 Å². The van der Waals surface area contributed by atoms with Crippen molar-refractivity contribution in [1.82, 2.24) is 9.80 Å². The Kier molecular flexibility index (Phi) is 10.7. The van der Waals surface area contributed by atoms with Crippen molar-refractivity contribution in [1.29, 1.82) is 0 Å². The highest BCUT2D eigenvalue weighted by atomic mass is 16.6. The van der Waals surface area contributed by atoms with Crippen LogP contribution in [0.5, 0.6) is 0 Å². The smallest absolute Gasteiger partial charge is 0.410 e. The van der Waals surface area contributed by atoms with Gasteiger partial charge in [0, 0.05) is 45.5 Å². The number of anilines is 1. The van der Waals surface area contributed by atoms with Crippen LogP contribution in [-0.4, -0.2) is 80.9 Å². The number of methoxy groups -OCH3 is 1. The third kappa shape index (κ3) is 9.53. The summed E-state index contributed by atoms with van der Waals surface area (Å²) < 4.78 is 10.4. The highest BCUT2D eigenvalue weighted by Gasteiger charge is 2.28. The summed E-state index contributed by atoms with van der Waals surface area (Å²) in [6, 6.07) is 9.02. The van der Waals surface area contributed by atoms with Crippen LogP contribution >= 0.6 is 0 Å². The van der Waals surface area contributed by atoms with Crippen LogP contribution in [0.2, 0.25) is 0 Å². The van der Waals surface area contributed by atoms with Crippen LogP contribution in [0, 0.1) is 12.8 Å². The lowest BCUT2D eigenvalue weighted by Crippen LogP contribution is -2.46. The summed E-state index contributed by atoms with van der Waals surface area (Å²) >= 11 is 0. The number of carbonyl (C=O) groups excluding carboxylic acids is 2. The second-order valence-corrected chi connectivity index (χ2v) is 10.7. The highest BCUT2D eigenvalue weighted by molar-refractivity contribution is 5.71. The molecule has 0 saturated heterocycles. The van der Waals surface area contributed by atoms with E-state index in [1.165, 1.54) is 24.8 Å². The first-order chi connectivity index (χ1) is 16.0. The standard InChI is InChI=1S/C27H45N3O4/c1-21-8-12-23(13-9-21)28(5)17-16-22-10-14-24(15-11-22)30(20-25(31)33-7)19-18-29(6)26(32)34-27(2,3)4/h8-9,12-13,22,24H,10-11,14-20H2,1-7H3. The van der Waals surface area contributed by atoms with Crippen molar-refractivity contribution in [2.24, 2.45) is 5.92 Å². The Hall–Kier alpha value is -2.28. The maximum Gasteiger partial charge on any atom is 0.410 e. The third-order valence-electron chi connectivity index (χ3n) is 6.67. The number of rotatable bonds is 10. The molecular formula is C27H45N3O4. The third-order valence-corrected chi connectivity index (χ3v) is 6.67. The van der Waals surface area contributed by atoms with Crippen molar-refractivity contribution in [2.75, 3.05) is 52.3 Å². The van der Waals surface area contributed by atoms with E-state index in [1.807, 2.05) is 20.8 Å². The Bertz CT molecular complexity index is 767. The molecule has 0 spiro atoms. The molecule has 1 aromatic carbocycles. The van der Waals surface area contributed by atoms with Gasteiger partial charge in [-0.2, -0.15) is 0 Å². The molecule has 0 heterocycles. The van der Waals surface area contributed by atoms with Crippen LogP contribution in [0.4, 0.5) is 10.5 Å². The summed E-state index contributed by atoms with van der Waals surface area (Å²) in [5.41, 5.74) is 2.02. The molecule has 34 heavy (non-hydrogen) atoms. The first-order valence-corrected chi connectivity index (χ1v) is 12.5. The molecule has 0 bridgehead atoms. The first-order valence-electron chi connectivity index (χ1n) is 12.5. The van der Waals surface area contributed by atoms with Crippen molar-refractivity contribution in [3.05, 3.63) is 29.8 Å². The van der Waals surface area contributed by atoms with Gasteiger partial charge >= 0.3 is 12.1 Å². The monoisotopic (exact) mass is 475 g/mol. The molecule has 192 valence electrons. The lowest BCUT2D eigenvalue weighted by molar-refractivity contribution is -0.142. The molecule has 1 aliphatic carbocycles. The summed E-state index contributed by atoms with van der Waals surface area (Å²) in [6.45, 7) is 10.1. The molecule has 1 amide bonds. The Morgan fingerprint density at radius 2 is 1.59 bits per heavy atom. The molecule has 0 radical (unpaired) electrons. The molecular weight excluding hydrogens is 430 g/mol. The Balaban J connectivity index is 1.84. The Labute approximate surface area is 206 Å². The van der Waals surface area contributed by atoms with Gasteiger partial charge in [-0.25, -0.2) is 4.79 Å². The van der Waals surface area contributed by atoms with Gasteiger partial charge < -0.3 is 19.3 Å². The average molecular weight is 476 g/mol.